The summed E-state index contributed by atoms with van der Waals surface area (Å²) in [4.78, 5) is 12.0. The van der Waals surface area contributed by atoms with Gasteiger partial charge >= 0.3 is 0 Å². The quantitative estimate of drug-likeness (QED) is 0.861. The van der Waals surface area contributed by atoms with Gasteiger partial charge in [0.2, 0.25) is 0 Å². The van der Waals surface area contributed by atoms with Crippen LogP contribution in [0.3, 0.4) is 0 Å². The number of benzene rings is 1. The van der Waals surface area contributed by atoms with E-state index in [1.165, 1.54) is 14.2 Å². The number of hydrogen-bond donors (Lipinski definition) is 1. The van der Waals surface area contributed by atoms with Gasteiger partial charge in [-0.25, -0.2) is 0 Å². The lowest BCUT2D eigenvalue weighted by Gasteiger charge is -2.14. The van der Waals surface area contributed by atoms with Gasteiger partial charge in [0.25, 0.3) is 5.91 Å². The van der Waals surface area contributed by atoms with Crippen molar-refractivity contribution in [2.45, 2.75) is 19.4 Å². The van der Waals surface area contributed by atoms with E-state index in [2.05, 4.69) is 5.32 Å². The monoisotopic (exact) mass is 248 g/mol. The molecule has 0 spiro atoms. The van der Waals surface area contributed by atoms with Crippen molar-refractivity contribution in [1.82, 2.24) is 5.32 Å². The molecule has 1 atom stereocenters. The number of nitrogens with one attached hydrogen (secondary N) is 1. The fourth-order valence-electron chi connectivity index (χ4n) is 1.56. The second-order valence-electron chi connectivity index (χ2n) is 3.78. The number of nitriles is 1. The SMILES string of the molecule is COc1cccc(C(=O)NC(C)CC#N)c1OC. The zero-order valence-corrected chi connectivity index (χ0v) is 10.7. The Morgan fingerprint density at radius 2 is 2.17 bits per heavy atom. The predicted molar refractivity (Wildman–Crippen MR) is 66.7 cm³/mol. The minimum atomic E-state index is -0.284. The molecule has 1 aromatic rings. The fourth-order valence-corrected chi connectivity index (χ4v) is 1.56. The first-order chi connectivity index (χ1) is 8.63. The smallest absolute Gasteiger partial charge is 0.255 e. The van der Waals surface area contributed by atoms with E-state index < -0.39 is 0 Å². The van der Waals surface area contributed by atoms with Crippen molar-refractivity contribution >= 4 is 5.91 Å². The molecule has 1 N–H and O–H groups in total. The van der Waals surface area contributed by atoms with Gasteiger partial charge in [-0.3, -0.25) is 4.79 Å². The van der Waals surface area contributed by atoms with E-state index >= 15 is 0 Å². The molecule has 0 saturated carbocycles. The van der Waals surface area contributed by atoms with Gasteiger partial charge in [-0.15, -0.1) is 0 Å². The Hall–Kier alpha value is -2.22. The Labute approximate surface area is 106 Å². The van der Waals surface area contributed by atoms with Crippen molar-refractivity contribution in [2.24, 2.45) is 0 Å². The third-order valence-corrected chi connectivity index (χ3v) is 2.42. The number of rotatable bonds is 5. The van der Waals surface area contributed by atoms with Crippen LogP contribution in [-0.2, 0) is 0 Å². The number of amides is 1. The van der Waals surface area contributed by atoms with Gasteiger partial charge in [-0.05, 0) is 19.1 Å². The molecule has 0 aliphatic rings. The molecule has 96 valence electrons. The van der Waals surface area contributed by atoms with E-state index in [9.17, 15) is 4.79 Å². The summed E-state index contributed by atoms with van der Waals surface area (Å²) in [6, 6.07) is 6.87. The van der Waals surface area contributed by atoms with E-state index in [1.807, 2.05) is 6.07 Å². The minimum Gasteiger partial charge on any atom is -0.493 e. The molecule has 1 unspecified atom stereocenters. The summed E-state index contributed by atoms with van der Waals surface area (Å²) in [6.45, 7) is 1.77. The molecule has 5 nitrogen and oxygen atoms in total. The maximum atomic E-state index is 12.0. The lowest BCUT2D eigenvalue weighted by atomic mass is 10.1. The lowest BCUT2D eigenvalue weighted by molar-refractivity contribution is 0.0937. The average molecular weight is 248 g/mol. The summed E-state index contributed by atoms with van der Waals surface area (Å²) < 4.78 is 10.3. The lowest BCUT2D eigenvalue weighted by Crippen LogP contribution is -2.32. The highest BCUT2D eigenvalue weighted by molar-refractivity contribution is 5.98. The highest BCUT2D eigenvalue weighted by Crippen LogP contribution is 2.30. The Bertz CT molecular complexity index is 466. The standard InChI is InChI=1S/C13H16N2O3/c1-9(7-8-14)15-13(16)10-5-4-6-11(17-2)12(10)18-3/h4-6,9H,7H2,1-3H3,(H,15,16). The van der Waals surface area contributed by atoms with Crippen LogP contribution in [0.15, 0.2) is 18.2 Å². The molecular formula is C13H16N2O3. The van der Waals surface area contributed by atoms with Crippen molar-refractivity contribution in [2.75, 3.05) is 14.2 Å². The molecule has 0 aromatic heterocycles. The molecule has 0 fully saturated rings. The third-order valence-electron chi connectivity index (χ3n) is 2.42. The first-order valence-corrected chi connectivity index (χ1v) is 5.52. The van der Waals surface area contributed by atoms with Gasteiger partial charge in [0.05, 0.1) is 32.3 Å². The van der Waals surface area contributed by atoms with E-state index in [4.69, 9.17) is 14.7 Å². The highest BCUT2D eigenvalue weighted by atomic mass is 16.5. The van der Waals surface area contributed by atoms with Crippen LogP contribution in [0.4, 0.5) is 0 Å². The van der Waals surface area contributed by atoms with Crippen molar-refractivity contribution in [1.29, 1.82) is 5.26 Å². The van der Waals surface area contributed by atoms with Crippen LogP contribution in [0.25, 0.3) is 0 Å². The molecule has 1 rings (SSSR count). The van der Waals surface area contributed by atoms with Crippen LogP contribution in [0.2, 0.25) is 0 Å². The Morgan fingerprint density at radius 1 is 1.44 bits per heavy atom. The summed E-state index contributed by atoms with van der Waals surface area (Å²) in [5.74, 6) is 0.605. The first-order valence-electron chi connectivity index (χ1n) is 5.52. The molecule has 5 heteroatoms. The minimum absolute atomic E-state index is 0.210. The molecular weight excluding hydrogens is 232 g/mol. The second-order valence-corrected chi connectivity index (χ2v) is 3.78. The molecule has 1 amide bonds. The molecule has 0 saturated heterocycles. The van der Waals surface area contributed by atoms with Gasteiger partial charge < -0.3 is 14.8 Å². The number of methoxy groups -OCH3 is 2. The summed E-state index contributed by atoms with van der Waals surface area (Å²) in [6.07, 6.45) is 0.262. The maximum absolute atomic E-state index is 12.0. The van der Waals surface area contributed by atoms with Crippen LogP contribution in [0.1, 0.15) is 23.7 Å². The molecule has 18 heavy (non-hydrogen) atoms. The van der Waals surface area contributed by atoms with Gasteiger partial charge in [0.1, 0.15) is 0 Å². The van der Waals surface area contributed by atoms with Crippen molar-refractivity contribution in [3.63, 3.8) is 0 Å². The number of nitrogens with zero attached hydrogens (tertiary/aromatic N) is 1. The molecule has 0 radical (unpaired) electrons. The zero-order valence-electron chi connectivity index (χ0n) is 10.7. The van der Waals surface area contributed by atoms with Crippen LogP contribution in [-0.4, -0.2) is 26.2 Å². The third kappa shape index (κ3) is 3.14. The summed E-state index contributed by atoms with van der Waals surface area (Å²) >= 11 is 0. The largest absolute Gasteiger partial charge is 0.493 e. The van der Waals surface area contributed by atoms with Crippen molar-refractivity contribution in [3.8, 4) is 17.6 Å². The Morgan fingerprint density at radius 3 is 2.72 bits per heavy atom. The average Bonchev–Trinajstić information content (AvgIpc) is 2.37. The summed E-state index contributed by atoms with van der Waals surface area (Å²) in [5.41, 5.74) is 0.390. The molecule has 1 aromatic carbocycles. The van der Waals surface area contributed by atoms with Gasteiger partial charge in [-0.1, -0.05) is 6.07 Å². The summed E-state index contributed by atoms with van der Waals surface area (Å²) in [7, 11) is 2.99. The van der Waals surface area contributed by atoms with Crippen LogP contribution >= 0.6 is 0 Å². The van der Waals surface area contributed by atoms with Gasteiger partial charge in [-0.2, -0.15) is 5.26 Å². The molecule has 0 bridgehead atoms. The van der Waals surface area contributed by atoms with Gasteiger partial charge in [0, 0.05) is 6.04 Å². The number of carbonyl (C=O) groups excluding carboxylic acids is 1. The van der Waals surface area contributed by atoms with Crippen molar-refractivity contribution in [3.05, 3.63) is 23.8 Å². The van der Waals surface area contributed by atoms with E-state index in [-0.39, 0.29) is 18.4 Å². The maximum Gasteiger partial charge on any atom is 0.255 e. The predicted octanol–water partition coefficient (Wildman–Crippen LogP) is 1.74. The molecule has 0 aliphatic heterocycles. The van der Waals surface area contributed by atoms with E-state index in [0.29, 0.717) is 17.1 Å². The number of ether oxygens (including phenoxy) is 2. The normalized spacial score (nSPS) is 11.2. The van der Waals surface area contributed by atoms with Crippen LogP contribution in [0.5, 0.6) is 11.5 Å². The summed E-state index contributed by atoms with van der Waals surface area (Å²) in [5, 5.41) is 11.3. The Kier molecular flexibility index (Phi) is 5.00. The van der Waals surface area contributed by atoms with Gasteiger partial charge in [0.15, 0.2) is 11.5 Å². The fraction of sp³-hybridized carbons (Fsp3) is 0.385. The second kappa shape index (κ2) is 6.50. The number of para-hydroxylation sites is 1. The van der Waals surface area contributed by atoms with Crippen molar-refractivity contribution < 1.29 is 14.3 Å². The van der Waals surface area contributed by atoms with E-state index in [1.54, 1.807) is 25.1 Å². The van der Waals surface area contributed by atoms with E-state index in [0.717, 1.165) is 0 Å². The molecule has 0 heterocycles. The topological polar surface area (TPSA) is 71.3 Å². The molecule has 0 aliphatic carbocycles. The number of hydrogen-bond acceptors (Lipinski definition) is 4. The zero-order chi connectivity index (χ0) is 13.5. The van der Waals surface area contributed by atoms with Crippen LogP contribution in [0, 0.1) is 11.3 Å². The first kappa shape index (κ1) is 13.8. The van der Waals surface area contributed by atoms with Crippen LogP contribution < -0.4 is 14.8 Å². The Balaban J connectivity index is 2.95. The number of carbonyl (C=O) groups is 1. The highest BCUT2D eigenvalue weighted by Gasteiger charge is 2.17.